The van der Waals surface area contributed by atoms with E-state index >= 15 is 0 Å². The molecule has 0 radical (unpaired) electrons. The van der Waals surface area contributed by atoms with Gasteiger partial charge >= 0.3 is 0 Å². The van der Waals surface area contributed by atoms with Gasteiger partial charge in [0.15, 0.2) is 0 Å². The van der Waals surface area contributed by atoms with Crippen LogP contribution >= 0.6 is 12.4 Å². The average Bonchev–Trinajstić information content (AvgIpc) is 1.65. The molecule has 0 amide bonds. The normalized spacial score (nSPS) is 8.57. The van der Waals surface area contributed by atoms with Gasteiger partial charge in [0, 0.05) is 7.05 Å². The van der Waals surface area contributed by atoms with Crippen LogP contribution in [0.25, 0.3) is 0 Å². The van der Waals surface area contributed by atoms with Crippen molar-refractivity contribution in [3.05, 3.63) is 0 Å². The van der Waals surface area contributed by atoms with Crippen LogP contribution in [0.15, 0.2) is 0 Å². The Morgan fingerprint density at radius 1 is 1.14 bits per heavy atom. The summed E-state index contributed by atoms with van der Waals surface area (Å²) in [6.07, 6.45) is 0. The summed E-state index contributed by atoms with van der Waals surface area (Å²) in [5, 5.41) is 1.25. The van der Waals surface area contributed by atoms with E-state index in [9.17, 15) is 0 Å². The Kier molecular flexibility index (Phi) is 9.00. The fraction of sp³-hybridized carbons (Fsp3) is 1.00. The standard InChI is InChI=1S/C3H9NO2.ClH/c1-4(5-2)6-3;/h1-3H3;1H. The van der Waals surface area contributed by atoms with Crippen molar-refractivity contribution in [2.45, 2.75) is 0 Å². The number of rotatable bonds is 2. The molecule has 0 aromatic heterocycles. The topological polar surface area (TPSA) is 21.7 Å². The lowest BCUT2D eigenvalue weighted by atomic mass is 11.5. The Hall–Kier alpha value is 0.170. The number of nitrogens with zero attached hydrogens (tertiary/aromatic N) is 1. The van der Waals surface area contributed by atoms with Crippen molar-refractivity contribution in [2.75, 3.05) is 21.3 Å². The van der Waals surface area contributed by atoms with E-state index < -0.39 is 0 Å². The van der Waals surface area contributed by atoms with E-state index in [0.717, 1.165) is 0 Å². The van der Waals surface area contributed by atoms with Gasteiger partial charge in [-0.1, -0.05) is 5.23 Å². The van der Waals surface area contributed by atoms with Gasteiger partial charge in [-0.2, -0.15) is 0 Å². The van der Waals surface area contributed by atoms with Gasteiger partial charge in [0.1, 0.15) is 0 Å². The maximum absolute atomic E-state index is 4.51. The molecule has 0 unspecified atom stereocenters. The summed E-state index contributed by atoms with van der Waals surface area (Å²) in [7, 11) is 4.73. The van der Waals surface area contributed by atoms with E-state index in [4.69, 9.17) is 0 Å². The molecule has 3 nitrogen and oxygen atoms in total. The molecule has 0 saturated heterocycles. The molecule has 0 aliphatic heterocycles. The van der Waals surface area contributed by atoms with Gasteiger partial charge < -0.3 is 0 Å². The third-order valence-electron chi connectivity index (χ3n) is 0.514. The average molecular weight is 128 g/mol. The van der Waals surface area contributed by atoms with Crippen LogP contribution in [0.4, 0.5) is 0 Å². The van der Waals surface area contributed by atoms with Crippen molar-refractivity contribution >= 4 is 12.4 Å². The third-order valence-corrected chi connectivity index (χ3v) is 0.514. The predicted molar refractivity (Wildman–Crippen MR) is 29.0 cm³/mol. The van der Waals surface area contributed by atoms with Crippen LogP contribution in [0.1, 0.15) is 0 Å². The highest BCUT2D eigenvalue weighted by atomic mass is 35.5. The van der Waals surface area contributed by atoms with Crippen LogP contribution < -0.4 is 0 Å². The van der Waals surface area contributed by atoms with Gasteiger partial charge in [0.05, 0.1) is 14.2 Å². The fourth-order valence-corrected chi connectivity index (χ4v) is 0.0745. The number of hydroxylamine groups is 2. The van der Waals surface area contributed by atoms with Crippen LogP contribution in [0, 0.1) is 0 Å². The highest BCUT2D eigenvalue weighted by Crippen LogP contribution is 1.74. The SMILES string of the molecule is CON(C)OC.Cl. The smallest absolute Gasteiger partial charge is 0.0601 e. The van der Waals surface area contributed by atoms with E-state index in [0.29, 0.717) is 0 Å². The zero-order valence-electron chi connectivity index (χ0n) is 4.67. The summed E-state index contributed by atoms with van der Waals surface area (Å²) in [5.41, 5.74) is 0. The first-order valence-corrected chi connectivity index (χ1v) is 1.63. The lowest BCUT2D eigenvalue weighted by Gasteiger charge is -2.06. The fourth-order valence-electron chi connectivity index (χ4n) is 0.0745. The summed E-state index contributed by atoms with van der Waals surface area (Å²) in [6, 6.07) is 0. The molecule has 0 bridgehead atoms. The Bertz CT molecular complexity index is 32.1. The lowest BCUT2D eigenvalue weighted by molar-refractivity contribution is -0.325. The molecule has 0 fully saturated rings. The number of halogens is 1. The van der Waals surface area contributed by atoms with Crippen molar-refractivity contribution in [3.8, 4) is 0 Å². The van der Waals surface area contributed by atoms with Crippen LogP contribution in [-0.4, -0.2) is 26.5 Å². The van der Waals surface area contributed by atoms with Gasteiger partial charge in [-0.15, -0.1) is 12.4 Å². The first-order valence-electron chi connectivity index (χ1n) is 1.63. The Labute approximate surface area is 49.5 Å². The second-order valence-electron chi connectivity index (χ2n) is 0.805. The van der Waals surface area contributed by atoms with Crippen molar-refractivity contribution in [1.82, 2.24) is 5.23 Å². The van der Waals surface area contributed by atoms with E-state index in [1.807, 2.05) is 0 Å². The summed E-state index contributed by atoms with van der Waals surface area (Å²) >= 11 is 0. The Morgan fingerprint density at radius 3 is 1.43 bits per heavy atom. The monoisotopic (exact) mass is 127 g/mol. The first-order chi connectivity index (χ1) is 2.81. The van der Waals surface area contributed by atoms with Crippen LogP contribution in [-0.2, 0) is 9.68 Å². The van der Waals surface area contributed by atoms with Crippen molar-refractivity contribution < 1.29 is 9.68 Å². The Balaban J connectivity index is 0. The first kappa shape index (κ1) is 10.2. The van der Waals surface area contributed by atoms with E-state index in [-0.39, 0.29) is 12.4 Å². The molecule has 0 N–H and O–H groups in total. The molecule has 46 valence electrons. The summed E-state index contributed by atoms with van der Waals surface area (Å²) in [4.78, 5) is 9.02. The molecule has 0 aromatic rings. The Morgan fingerprint density at radius 2 is 1.43 bits per heavy atom. The van der Waals surface area contributed by atoms with Crippen molar-refractivity contribution in [3.63, 3.8) is 0 Å². The molecular formula is C3H10ClNO2. The minimum absolute atomic E-state index is 0. The highest BCUT2D eigenvalue weighted by molar-refractivity contribution is 5.85. The maximum Gasteiger partial charge on any atom is 0.0601 e. The van der Waals surface area contributed by atoms with Gasteiger partial charge in [0.2, 0.25) is 0 Å². The molecule has 0 saturated carbocycles. The molecule has 4 heteroatoms. The van der Waals surface area contributed by atoms with E-state index in [1.54, 1.807) is 7.05 Å². The molecule has 7 heavy (non-hydrogen) atoms. The zero-order valence-corrected chi connectivity index (χ0v) is 5.49. The molecule has 0 rings (SSSR count). The van der Waals surface area contributed by atoms with E-state index in [2.05, 4.69) is 9.68 Å². The molecule has 0 aromatic carbocycles. The quantitative estimate of drug-likeness (QED) is 0.503. The minimum atomic E-state index is 0. The lowest BCUT2D eigenvalue weighted by Crippen LogP contribution is -2.13. The molecule has 0 atom stereocenters. The van der Waals surface area contributed by atoms with Gasteiger partial charge in [0.25, 0.3) is 0 Å². The van der Waals surface area contributed by atoms with Crippen molar-refractivity contribution in [2.24, 2.45) is 0 Å². The van der Waals surface area contributed by atoms with Crippen LogP contribution in [0.3, 0.4) is 0 Å². The summed E-state index contributed by atoms with van der Waals surface area (Å²) in [5.74, 6) is 0. The van der Waals surface area contributed by atoms with Crippen LogP contribution in [0.5, 0.6) is 0 Å². The second-order valence-corrected chi connectivity index (χ2v) is 0.805. The largest absolute Gasteiger partial charge is 0.278 e. The van der Waals surface area contributed by atoms with Crippen LogP contribution in [0.2, 0.25) is 0 Å². The zero-order chi connectivity index (χ0) is 4.99. The summed E-state index contributed by atoms with van der Waals surface area (Å²) < 4.78 is 0. The highest BCUT2D eigenvalue weighted by Gasteiger charge is 1.81. The maximum atomic E-state index is 4.51. The molecule has 0 heterocycles. The van der Waals surface area contributed by atoms with Gasteiger partial charge in [-0.3, -0.25) is 9.68 Å². The van der Waals surface area contributed by atoms with E-state index in [1.165, 1.54) is 19.4 Å². The number of hydrogen-bond acceptors (Lipinski definition) is 3. The molecule has 0 spiro atoms. The third kappa shape index (κ3) is 6.17. The van der Waals surface area contributed by atoms with Gasteiger partial charge in [-0.05, 0) is 0 Å². The molecule has 0 aliphatic rings. The predicted octanol–water partition coefficient (Wildman–Crippen LogP) is 0.463. The van der Waals surface area contributed by atoms with Crippen molar-refractivity contribution in [1.29, 1.82) is 0 Å². The number of hydrogen-bond donors (Lipinski definition) is 0. The second kappa shape index (κ2) is 6.17. The summed E-state index contributed by atoms with van der Waals surface area (Å²) in [6.45, 7) is 0. The molecule has 0 aliphatic carbocycles. The minimum Gasteiger partial charge on any atom is -0.278 e. The molecular weight excluding hydrogens is 117 g/mol. The van der Waals surface area contributed by atoms with Gasteiger partial charge in [-0.25, -0.2) is 0 Å².